The van der Waals surface area contributed by atoms with Crippen molar-refractivity contribution in [2.45, 2.75) is 0 Å². The number of aromatic amines is 1. The molecular weight excluding hydrogens is 173 g/mol. The maximum Gasteiger partial charge on any atom is 0.417 e. The van der Waals surface area contributed by atoms with Gasteiger partial charge in [0.2, 0.25) is 0 Å². The van der Waals surface area contributed by atoms with Gasteiger partial charge in [-0.15, -0.1) is 0 Å². The summed E-state index contributed by atoms with van der Waals surface area (Å²) < 4.78 is 17.8. The van der Waals surface area contributed by atoms with E-state index in [2.05, 4.69) is 11.6 Å². The first-order valence-corrected chi connectivity index (χ1v) is 3.65. The molecule has 4 heteroatoms. The maximum absolute atomic E-state index is 13.1. The molecule has 13 heavy (non-hydrogen) atoms. The molecule has 0 saturated heterocycles. The van der Waals surface area contributed by atoms with E-state index in [0.29, 0.717) is 16.7 Å². The molecule has 0 aliphatic carbocycles. The summed E-state index contributed by atoms with van der Waals surface area (Å²) in [5, 5.41) is 0. The Hall–Kier alpha value is -1.84. The first kappa shape index (κ1) is 7.79. The molecule has 0 saturated carbocycles. The zero-order valence-electron chi connectivity index (χ0n) is 6.63. The van der Waals surface area contributed by atoms with Gasteiger partial charge in [0, 0.05) is 11.6 Å². The van der Waals surface area contributed by atoms with Gasteiger partial charge in [-0.05, 0) is 6.07 Å². The van der Waals surface area contributed by atoms with Crippen LogP contribution in [-0.2, 0) is 0 Å². The number of nitrogens with one attached hydrogen (secondary N) is 1. The van der Waals surface area contributed by atoms with Gasteiger partial charge in [0.25, 0.3) is 0 Å². The van der Waals surface area contributed by atoms with E-state index >= 15 is 0 Å². The average Bonchev–Trinajstić information content (AvgIpc) is 2.42. The van der Waals surface area contributed by atoms with E-state index in [1.165, 1.54) is 18.2 Å². The lowest BCUT2D eigenvalue weighted by atomic mass is 10.2. The van der Waals surface area contributed by atoms with E-state index in [4.69, 9.17) is 4.42 Å². The van der Waals surface area contributed by atoms with Gasteiger partial charge in [0.1, 0.15) is 5.82 Å². The highest BCUT2D eigenvalue weighted by Gasteiger charge is 2.05. The fourth-order valence-corrected chi connectivity index (χ4v) is 1.14. The minimum Gasteiger partial charge on any atom is -0.408 e. The Labute approximate surface area is 72.5 Å². The Kier molecular flexibility index (Phi) is 1.55. The van der Waals surface area contributed by atoms with Crippen molar-refractivity contribution in [3.63, 3.8) is 0 Å². The fraction of sp³-hybridized carbons (Fsp3) is 0. The number of rotatable bonds is 1. The van der Waals surface area contributed by atoms with Gasteiger partial charge in [-0.1, -0.05) is 12.7 Å². The van der Waals surface area contributed by atoms with Crippen LogP contribution in [0.3, 0.4) is 0 Å². The lowest BCUT2D eigenvalue weighted by Crippen LogP contribution is -1.92. The van der Waals surface area contributed by atoms with Crippen molar-refractivity contribution in [2.75, 3.05) is 0 Å². The molecule has 0 unspecified atom stereocenters. The Balaban J connectivity index is 2.87. The third-order valence-corrected chi connectivity index (χ3v) is 1.76. The lowest BCUT2D eigenvalue weighted by molar-refractivity contribution is 0.554. The third-order valence-electron chi connectivity index (χ3n) is 1.76. The number of aromatic nitrogens is 1. The van der Waals surface area contributed by atoms with Crippen LogP contribution in [-0.4, -0.2) is 4.98 Å². The van der Waals surface area contributed by atoms with Crippen molar-refractivity contribution in [1.29, 1.82) is 0 Å². The molecule has 0 amide bonds. The molecule has 0 bridgehead atoms. The second-order valence-corrected chi connectivity index (χ2v) is 2.59. The lowest BCUT2D eigenvalue weighted by Gasteiger charge is -1.94. The number of hydrogen-bond acceptors (Lipinski definition) is 2. The van der Waals surface area contributed by atoms with Gasteiger partial charge in [-0.25, -0.2) is 9.18 Å². The van der Waals surface area contributed by atoms with Crippen molar-refractivity contribution >= 4 is 17.2 Å². The molecule has 0 aliphatic rings. The first-order valence-electron chi connectivity index (χ1n) is 3.65. The molecular formula is C9H6FNO2. The van der Waals surface area contributed by atoms with E-state index in [9.17, 15) is 9.18 Å². The van der Waals surface area contributed by atoms with E-state index < -0.39 is 11.6 Å². The average molecular weight is 179 g/mol. The predicted octanol–water partition coefficient (Wildman–Crippen LogP) is 1.90. The number of H-pyrrole nitrogens is 1. The van der Waals surface area contributed by atoms with Gasteiger partial charge in [-0.3, -0.25) is 4.98 Å². The number of oxazole rings is 1. The standard InChI is InChI=1S/C9H6FNO2/c1-2-5-3-8-7(4-6(5)10)11-9(12)13-8/h2-4H,1H2,(H,11,12). The van der Waals surface area contributed by atoms with Gasteiger partial charge in [0.05, 0.1) is 5.52 Å². The van der Waals surface area contributed by atoms with E-state index in [-0.39, 0.29) is 0 Å². The second-order valence-electron chi connectivity index (χ2n) is 2.59. The molecule has 2 rings (SSSR count). The number of benzene rings is 1. The van der Waals surface area contributed by atoms with Crippen molar-refractivity contribution in [2.24, 2.45) is 0 Å². The van der Waals surface area contributed by atoms with E-state index in [1.807, 2.05) is 0 Å². The minimum atomic E-state index is -0.587. The van der Waals surface area contributed by atoms with Crippen molar-refractivity contribution in [3.05, 3.63) is 40.6 Å². The maximum atomic E-state index is 13.1. The molecule has 0 spiro atoms. The summed E-state index contributed by atoms with van der Waals surface area (Å²) in [7, 11) is 0. The molecule has 0 atom stereocenters. The van der Waals surface area contributed by atoms with E-state index in [1.54, 1.807) is 0 Å². The summed E-state index contributed by atoms with van der Waals surface area (Å²) in [4.78, 5) is 13.1. The van der Waals surface area contributed by atoms with Gasteiger partial charge >= 0.3 is 5.76 Å². The summed E-state index contributed by atoms with van der Waals surface area (Å²) in [6, 6.07) is 2.63. The summed E-state index contributed by atoms with van der Waals surface area (Å²) in [5.74, 6) is -1.02. The zero-order chi connectivity index (χ0) is 9.42. The van der Waals surface area contributed by atoms with Crippen LogP contribution in [0.1, 0.15) is 5.56 Å². The second kappa shape index (κ2) is 2.58. The summed E-state index contributed by atoms with van der Waals surface area (Å²) in [6.45, 7) is 3.44. The monoisotopic (exact) mass is 179 g/mol. The Morgan fingerprint density at radius 3 is 3.00 bits per heavy atom. The molecule has 0 aliphatic heterocycles. The molecule has 0 radical (unpaired) electrons. The Morgan fingerprint density at radius 1 is 1.54 bits per heavy atom. The molecule has 0 fully saturated rings. The van der Waals surface area contributed by atoms with Crippen LogP contribution in [0.5, 0.6) is 0 Å². The van der Waals surface area contributed by atoms with E-state index in [0.717, 1.165) is 0 Å². The molecule has 1 heterocycles. The zero-order valence-corrected chi connectivity index (χ0v) is 6.63. The molecule has 2 aromatic rings. The van der Waals surface area contributed by atoms with Crippen molar-refractivity contribution in [3.8, 4) is 0 Å². The smallest absolute Gasteiger partial charge is 0.408 e. The number of fused-ring (bicyclic) bond motifs is 1. The van der Waals surface area contributed by atoms with Crippen LogP contribution in [0.25, 0.3) is 17.2 Å². The van der Waals surface area contributed by atoms with Crippen LogP contribution < -0.4 is 5.76 Å². The predicted molar refractivity (Wildman–Crippen MR) is 46.9 cm³/mol. The van der Waals surface area contributed by atoms with Crippen LogP contribution in [0.15, 0.2) is 27.9 Å². The molecule has 1 aromatic carbocycles. The molecule has 1 N–H and O–H groups in total. The Morgan fingerprint density at radius 2 is 2.31 bits per heavy atom. The third kappa shape index (κ3) is 1.16. The molecule has 66 valence electrons. The summed E-state index contributed by atoms with van der Waals surface area (Å²) in [5.41, 5.74) is 1.00. The van der Waals surface area contributed by atoms with Crippen molar-refractivity contribution < 1.29 is 8.81 Å². The Bertz CT molecular complexity index is 524. The SMILES string of the molecule is C=Cc1cc2oc(=O)[nH]c2cc1F. The largest absolute Gasteiger partial charge is 0.417 e. The van der Waals surface area contributed by atoms with Crippen LogP contribution in [0.2, 0.25) is 0 Å². The number of hydrogen-bond donors (Lipinski definition) is 1. The van der Waals surface area contributed by atoms with Crippen molar-refractivity contribution in [1.82, 2.24) is 4.98 Å². The van der Waals surface area contributed by atoms with Crippen LogP contribution >= 0.6 is 0 Å². The molecule has 1 aromatic heterocycles. The summed E-state index contributed by atoms with van der Waals surface area (Å²) in [6.07, 6.45) is 1.36. The highest BCUT2D eigenvalue weighted by Crippen LogP contribution is 2.16. The van der Waals surface area contributed by atoms with Gasteiger partial charge in [0.15, 0.2) is 5.58 Å². The van der Waals surface area contributed by atoms with Crippen LogP contribution in [0, 0.1) is 5.82 Å². The normalized spacial score (nSPS) is 10.5. The summed E-state index contributed by atoms with van der Waals surface area (Å²) >= 11 is 0. The fourth-order valence-electron chi connectivity index (χ4n) is 1.14. The minimum absolute atomic E-state index is 0.315. The van der Waals surface area contributed by atoms with Gasteiger partial charge in [-0.2, -0.15) is 0 Å². The highest BCUT2D eigenvalue weighted by molar-refractivity contribution is 5.75. The first-order chi connectivity index (χ1) is 6.20. The highest BCUT2D eigenvalue weighted by atomic mass is 19.1. The topological polar surface area (TPSA) is 46.0 Å². The number of halogens is 1. The molecule has 3 nitrogen and oxygen atoms in total. The van der Waals surface area contributed by atoms with Gasteiger partial charge < -0.3 is 4.42 Å². The quantitative estimate of drug-likeness (QED) is 0.726. The van der Waals surface area contributed by atoms with Crippen LogP contribution in [0.4, 0.5) is 4.39 Å².